The van der Waals surface area contributed by atoms with Crippen molar-refractivity contribution in [3.8, 4) is 33.1 Å². The van der Waals surface area contributed by atoms with E-state index in [2.05, 4.69) is 36.3 Å². The van der Waals surface area contributed by atoms with Crippen LogP contribution in [0.4, 0.5) is 0 Å². The van der Waals surface area contributed by atoms with Crippen LogP contribution in [0.3, 0.4) is 0 Å². The minimum absolute atomic E-state index is 0.250. The van der Waals surface area contributed by atoms with E-state index in [-0.39, 0.29) is 6.61 Å². The number of halogens is 1. The number of fused-ring (bicyclic) bond motifs is 2. The summed E-state index contributed by atoms with van der Waals surface area (Å²) in [5.74, 6) is -0.426. The molecule has 0 amide bonds. The highest BCUT2D eigenvalue weighted by molar-refractivity contribution is 7.22. The van der Waals surface area contributed by atoms with Gasteiger partial charge >= 0.3 is 5.97 Å². The van der Waals surface area contributed by atoms with E-state index in [9.17, 15) is 4.79 Å². The second-order valence-electron chi connectivity index (χ2n) is 12.1. The van der Waals surface area contributed by atoms with Gasteiger partial charge in [0.15, 0.2) is 6.10 Å². The van der Waals surface area contributed by atoms with Crippen LogP contribution in [-0.4, -0.2) is 37.9 Å². The Morgan fingerprint density at radius 3 is 2.42 bits per heavy atom. The molecule has 6 rings (SSSR count). The third-order valence-electron chi connectivity index (χ3n) is 7.63. The maximum absolute atomic E-state index is 13.5. The number of rotatable bonds is 7. The van der Waals surface area contributed by atoms with E-state index in [1.807, 2.05) is 82.0 Å². The van der Waals surface area contributed by atoms with E-state index in [4.69, 9.17) is 31.0 Å². The molecule has 3 aromatic carbocycles. The standard InChI is InChI=1S/C36H35ClN4O3S/c1-8-43-35(42)32(44-36(4,5)6)29-21(3)17-27-33(30(29)22-10-13-25(37)14-11-22)45-34(40-27)26-15-9-20(2)31(39-26)23-12-16-28-24(18-23)19-38-41(28)7/h9-19,32H,8H2,1-7H3/t32-/m0/s1. The van der Waals surface area contributed by atoms with Crippen molar-refractivity contribution in [1.82, 2.24) is 19.7 Å². The van der Waals surface area contributed by atoms with Gasteiger partial charge < -0.3 is 9.47 Å². The fraction of sp³-hybridized carbons (Fsp3) is 0.278. The smallest absolute Gasteiger partial charge is 0.339 e. The van der Waals surface area contributed by atoms with Crippen LogP contribution in [0, 0.1) is 13.8 Å². The molecule has 3 heterocycles. The molecular weight excluding hydrogens is 604 g/mol. The van der Waals surface area contributed by atoms with Gasteiger partial charge in [-0.15, -0.1) is 11.3 Å². The number of esters is 1. The third-order valence-corrected chi connectivity index (χ3v) is 8.99. The number of hydrogen-bond donors (Lipinski definition) is 0. The number of benzene rings is 3. The first-order valence-corrected chi connectivity index (χ1v) is 16.1. The highest BCUT2D eigenvalue weighted by atomic mass is 35.5. The highest BCUT2D eigenvalue weighted by Crippen LogP contribution is 2.44. The number of nitrogens with zero attached hydrogens (tertiary/aromatic N) is 4. The second kappa shape index (κ2) is 12.0. The molecule has 0 saturated heterocycles. The molecule has 0 unspecified atom stereocenters. The van der Waals surface area contributed by atoms with Crippen LogP contribution in [0.2, 0.25) is 5.02 Å². The zero-order chi connectivity index (χ0) is 32.0. The van der Waals surface area contributed by atoms with Crippen molar-refractivity contribution in [2.24, 2.45) is 7.05 Å². The number of hydrogen-bond acceptors (Lipinski definition) is 7. The van der Waals surface area contributed by atoms with Gasteiger partial charge in [0.2, 0.25) is 0 Å². The molecule has 0 fully saturated rings. The first kappa shape index (κ1) is 30.9. The summed E-state index contributed by atoms with van der Waals surface area (Å²) in [5, 5.41) is 6.86. The lowest BCUT2D eigenvalue weighted by Gasteiger charge is -2.29. The highest BCUT2D eigenvalue weighted by Gasteiger charge is 2.33. The Morgan fingerprint density at radius 2 is 1.71 bits per heavy atom. The van der Waals surface area contributed by atoms with Crippen LogP contribution < -0.4 is 0 Å². The van der Waals surface area contributed by atoms with E-state index in [0.29, 0.717) is 5.02 Å². The minimum atomic E-state index is -0.933. The maximum atomic E-state index is 13.5. The van der Waals surface area contributed by atoms with Gasteiger partial charge in [-0.1, -0.05) is 35.9 Å². The Balaban J connectivity index is 1.55. The Hall–Kier alpha value is -4.11. The summed E-state index contributed by atoms with van der Waals surface area (Å²) >= 11 is 7.85. The molecule has 0 aliphatic rings. The van der Waals surface area contributed by atoms with Crippen LogP contribution in [0.1, 0.15) is 50.5 Å². The molecule has 0 aliphatic heterocycles. The molecule has 0 radical (unpaired) electrons. The molecule has 0 aliphatic carbocycles. The van der Waals surface area contributed by atoms with Crippen molar-refractivity contribution in [2.45, 2.75) is 53.2 Å². The SMILES string of the molecule is CCOC(=O)[C@@H](OC(C)(C)C)c1c(C)cc2nc(-c3ccc(C)c(-c4ccc5c(cnn5C)c4)n3)sc2c1-c1ccc(Cl)cc1. The topological polar surface area (TPSA) is 79.1 Å². The lowest BCUT2D eigenvalue weighted by atomic mass is 9.91. The van der Waals surface area contributed by atoms with Crippen LogP contribution in [-0.2, 0) is 21.3 Å². The average Bonchev–Trinajstić information content (AvgIpc) is 3.58. The van der Waals surface area contributed by atoms with Gasteiger partial charge in [-0.3, -0.25) is 4.68 Å². The summed E-state index contributed by atoms with van der Waals surface area (Å²) in [6.07, 6.45) is 0.938. The summed E-state index contributed by atoms with van der Waals surface area (Å²) < 4.78 is 14.8. The Morgan fingerprint density at radius 1 is 0.978 bits per heavy atom. The number of aryl methyl sites for hydroxylation is 3. The van der Waals surface area contributed by atoms with Crippen molar-refractivity contribution in [1.29, 1.82) is 0 Å². The van der Waals surface area contributed by atoms with E-state index < -0.39 is 17.7 Å². The third kappa shape index (κ3) is 6.10. The Kier molecular flexibility index (Phi) is 8.24. The Labute approximate surface area is 271 Å². The molecular formula is C36H35ClN4O3S. The number of pyridine rings is 1. The van der Waals surface area contributed by atoms with Crippen molar-refractivity contribution in [2.75, 3.05) is 6.61 Å². The number of thiazole rings is 1. The quantitative estimate of drug-likeness (QED) is 0.162. The lowest BCUT2D eigenvalue weighted by molar-refractivity contribution is -0.166. The number of carbonyl (C=O) groups is 1. The summed E-state index contributed by atoms with van der Waals surface area (Å²) in [6.45, 7) is 11.9. The molecule has 0 spiro atoms. The minimum Gasteiger partial charge on any atom is -0.464 e. The van der Waals surface area contributed by atoms with E-state index in [1.54, 1.807) is 18.3 Å². The van der Waals surface area contributed by atoms with Gasteiger partial charge in [-0.25, -0.2) is 14.8 Å². The maximum Gasteiger partial charge on any atom is 0.339 e. The first-order valence-electron chi connectivity index (χ1n) is 14.9. The molecule has 3 aromatic heterocycles. The van der Waals surface area contributed by atoms with Crippen molar-refractivity contribution in [3.63, 3.8) is 0 Å². The molecule has 0 N–H and O–H groups in total. The van der Waals surface area contributed by atoms with Crippen molar-refractivity contribution in [3.05, 3.63) is 88.6 Å². The Bertz CT molecular complexity index is 2060. The van der Waals surface area contributed by atoms with Gasteiger partial charge in [0.05, 0.1) is 45.5 Å². The zero-order valence-corrected chi connectivity index (χ0v) is 28.0. The van der Waals surface area contributed by atoms with Crippen molar-refractivity contribution < 1.29 is 14.3 Å². The molecule has 0 saturated carbocycles. The largest absolute Gasteiger partial charge is 0.464 e. The number of aromatic nitrogens is 4. The number of carbonyl (C=O) groups excluding carboxylic acids is 1. The van der Waals surface area contributed by atoms with Crippen molar-refractivity contribution >= 4 is 50.0 Å². The zero-order valence-electron chi connectivity index (χ0n) is 26.4. The normalized spacial score (nSPS) is 12.6. The van der Waals surface area contributed by atoms with Gasteiger partial charge in [0, 0.05) is 34.1 Å². The summed E-state index contributed by atoms with van der Waals surface area (Å²) in [6, 6.07) is 20.0. The van der Waals surface area contributed by atoms with E-state index in [0.717, 1.165) is 70.9 Å². The van der Waals surface area contributed by atoms with Gasteiger partial charge in [0.1, 0.15) is 5.01 Å². The van der Waals surface area contributed by atoms with Crippen LogP contribution >= 0.6 is 22.9 Å². The summed E-state index contributed by atoms with van der Waals surface area (Å²) in [5.41, 5.74) is 8.48. The van der Waals surface area contributed by atoms with Crippen LogP contribution in [0.25, 0.3) is 54.2 Å². The fourth-order valence-electron chi connectivity index (χ4n) is 5.61. The molecule has 7 nitrogen and oxygen atoms in total. The van der Waals surface area contributed by atoms with Gasteiger partial charge in [-0.05, 0) is 94.6 Å². The first-order chi connectivity index (χ1) is 21.4. The molecule has 0 bridgehead atoms. The fourth-order valence-corrected chi connectivity index (χ4v) is 6.83. The van der Waals surface area contributed by atoms with Gasteiger partial charge in [-0.2, -0.15) is 5.10 Å². The molecule has 6 aromatic rings. The van der Waals surface area contributed by atoms with Crippen LogP contribution in [0.15, 0.2) is 66.9 Å². The molecule has 9 heteroatoms. The summed E-state index contributed by atoms with van der Waals surface area (Å²) in [4.78, 5) is 23.7. The predicted octanol–water partition coefficient (Wildman–Crippen LogP) is 9.27. The molecule has 1 atom stereocenters. The molecule has 45 heavy (non-hydrogen) atoms. The monoisotopic (exact) mass is 638 g/mol. The van der Waals surface area contributed by atoms with E-state index >= 15 is 0 Å². The van der Waals surface area contributed by atoms with Crippen LogP contribution in [0.5, 0.6) is 0 Å². The average molecular weight is 639 g/mol. The number of ether oxygens (including phenoxy) is 2. The molecule has 230 valence electrons. The predicted molar refractivity (Wildman–Crippen MR) is 183 cm³/mol. The van der Waals surface area contributed by atoms with Gasteiger partial charge in [0.25, 0.3) is 0 Å². The lowest BCUT2D eigenvalue weighted by Crippen LogP contribution is -2.29. The second-order valence-corrected chi connectivity index (χ2v) is 13.6. The summed E-state index contributed by atoms with van der Waals surface area (Å²) in [7, 11) is 1.94. The van der Waals surface area contributed by atoms with E-state index in [1.165, 1.54) is 0 Å².